The zero-order chi connectivity index (χ0) is 15.9. The van der Waals surface area contributed by atoms with Gasteiger partial charge in [-0.05, 0) is 0 Å². The molecule has 0 amide bonds. The predicted octanol–water partition coefficient (Wildman–Crippen LogP) is 1.32. The van der Waals surface area contributed by atoms with E-state index in [-0.39, 0.29) is 12.1 Å². The Bertz CT molecular complexity index is 603. The summed E-state index contributed by atoms with van der Waals surface area (Å²) in [7, 11) is -5.52. The second kappa shape index (κ2) is 4.81. The van der Waals surface area contributed by atoms with Crippen molar-refractivity contribution in [3.63, 3.8) is 0 Å². The summed E-state index contributed by atoms with van der Waals surface area (Å²) in [5.74, 6) is 0. The number of nitro benzene ring substituents is 2. The zero-order valence-corrected chi connectivity index (χ0v) is 9.96. The molecule has 1 rings (SSSR count). The number of nitrogens with zero attached hydrogens (tertiary/aromatic N) is 2. The number of hydrogen-bond donors (Lipinski definition) is 2. The minimum absolute atomic E-state index is 0.165. The molecule has 0 aliphatic rings. The molecule has 0 aromatic heterocycles. The molecule has 0 spiro atoms. The number of alkyl halides is 3. The summed E-state index contributed by atoms with van der Waals surface area (Å²) in [6.45, 7) is 0. The second-order valence-electron chi connectivity index (χ2n) is 3.42. The Morgan fingerprint density at radius 1 is 1.05 bits per heavy atom. The van der Waals surface area contributed by atoms with Crippen LogP contribution in [0, 0.1) is 20.2 Å². The van der Waals surface area contributed by atoms with E-state index in [4.69, 9.17) is 9.79 Å². The van der Waals surface area contributed by atoms with Crippen LogP contribution < -0.4 is 5.30 Å². The lowest BCUT2D eigenvalue weighted by Gasteiger charge is -2.10. The first-order valence-corrected chi connectivity index (χ1v) is 6.07. The highest BCUT2D eigenvalue weighted by molar-refractivity contribution is 7.61. The topological polar surface area (TPSA) is 144 Å². The summed E-state index contributed by atoms with van der Waals surface area (Å²) in [5.41, 5.74) is -5.09. The zero-order valence-electron chi connectivity index (χ0n) is 9.07. The summed E-state index contributed by atoms with van der Waals surface area (Å²) >= 11 is 0. The molecule has 0 fully saturated rings. The van der Waals surface area contributed by atoms with Crippen molar-refractivity contribution in [1.82, 2.24) is 0 Å². The lowest BCUT2D eigenvalue weighted by Crippen LogP contribution is -2.18. The van der Waals surface area contributed by atoms with Gasteiger partial charge in [-0.25, -0.2) is 0 Å². The van der Waals surface area contributed by atoms with Gasteiger partial charge in [0.15, 0.2) is 0 Å². The van der Waals surface area contributed by atoms with Crippen LogP contribution in [0.25, 0.3) is 0 Å². The maximum absolute atomic E-state index is 12.5. The van der Waals surface area contributed by atoms with Crippen LogP contribution >= 0.6 is 7.60 Å². The molecule has 0 heterocycles. The van der Waals surface area contributed by atoms with Gasteiger partial charge in [0, 0.05) is 12.1 Å². The van der Waals surface area contributed by atoms with Gasteiger partial charge < -0.3 is 9.79 Å². The highest BCUT2D eigenvalue weighted by atomic mass is 31.2. The van der Waals surface area contributed by atoms with Crippen molar-refractivity contribution in [3.8, 4) is 0 Å². The van der Waals surface area contributed by atoms with Crippen LogP contribution in [0.15, 0.2) is 12.1 Å². The van der Waals surface area contributed by atoms with E-state index in [1.807, 2.05) is 0 Å². The van der Waals surface area contributed by atoms with Crippen molar-refractivity contribution in [3.05, 3.63) is 37.9 Å². The third-order valence-electron chi connectivity index (χ3n) is 2.08. The van der Waals surface area contributed by atoms with E-state index in [9.17, 15) is 38.0 Å². The van der Waals surface area contributed by atoms with Gasteiger partial charge in [-0.1, -0.05) is 0 Å². The number of nitro groups is 2. The fourth-order valence-electron chi connectivity index (χ4n) is 1.34. The Balaban J connectivity index is 3.88. The first kappa shape index (κ1) is 16.0. The standard InChI is InChI=1S/C7H4F3N2O7P/c8-7(9,10)3-1-4(11(13)14)6(20(17,18)19)5(2-3)12(15)16/h1-2H,(H2,17,18,19). The van der Waals surface area contributed by atoms with Crippen LogP contribution in [-0.2, 0) is 10.7 Å². The van der Waals surface area contributed by atoms with Gasteiger partial charge >= 0.3 is 13.8 Å². The van der Waals surface area contributed by atoms with Gasteiger partial charge in [0.1, 0.15) is 0 Å². The highest BCUT2D eigenvalue weighted by Gasteiger charge is 2.43. The van der Waals surface area contributed by atoms with Crippen LogP contribution in [0.1, 0.15) is 5.56 Å². The first-order valence-electron chi connectivity index (χ1n) is 4.46. The summed E-state index contributed by atoms with van der Waals surface area (Å²) in [6, 6.07) is -0.331. The molecule has 0 saturated carbocycles. The predicted molar refractivity (Wildman–Crippen MR) is 56.4 cm³/mol. The molecule has 0 atom stereocenters. The van der Waals surface area contributed by atoms with Crippen LogP contribution in [0.3, 0.4) is 0 Å². The SMILES string of the molecule is O=[N+]([O-])c1cc(C(F)(F)F)cc([N+](=O)[O-])c1P(=O)(O)O. The van der Waals surface area contributed by atoms with Gasteiger partial charge in [-0.3, -0.25) is 24.8 Å². The quantitative estimate of drug-likeness (QED) is 0.486. The molecule has 0 saturated heterocycles. The van der Waals surface area contributed by atoms with Crippen molar-refractivity contribution >= 4 is 24.3 Å². The lowest BCUT2D eigenvalue weighted by molar-refractivity contribution is -0.392. The Morgan fingerprint density at radius 3 is 1.60 bits per heavy atom. The van der Waals surface area contributed by atoms with E-state index >= 15 is 0 Å². The largest absolute Gasteiger partial charge is 0.416 e. The Labute approximate surface area is 107 Å². The molecule has 0 aliphatic heterocycles. The molecule has 0 aliphatic carbocycles. The summed E-state index contributed by atoms with van der Waals surface area (Å²) < 4.78 is 48.4. The highest BCUT2D eigenvalue weighted by Crippen LogP contribution is 2.44. The summed E-state index contributed by atoms with van der Waals surface area (Å²) in [6.07, 6.45) is -5.15. The molecule has 110 valence electrons. The monoisotopic (exact) mass is 316 g/mol. The van der Waals surface area contributed by atoms with E-state index in [0.29, 0.717) is 0 Å². The summed E-state index contributed by atoms with van der Waals surface area (Å²) in [5, 5.41) is 19.5. The van der Waals surface area contributed by atoms with Crippen molar-refractivity contribution in [2.24, 2.45) is 0 Å². The number of hydrogen-bond acceptors (Lipinski definition) is 5. The maximum Gasteiger partial charge on any atom is 0.416 e. The minimum atomic E-state index is -5.52. The van der Waals surface area contributed by atoms with Crippen molar-refractivity contribution in [2.45, 2.75) is 6.18 Å². The lowest BCUT2D eigenvalue weighted by atomic mass is 10.1. The molecule has 13 heteroatoms. The van der Waals surface area contributed by atoms with Gasteiger partial charge in [0.2, 0.25) is 5.30 Å². The molecule has 20 heavy (non-hydrogen) atoms. The third-order valence-corrected chi connectivity index (χ3v) is 3.12. The van der Waals surface area contributed by atoms with Gasteiger partial charge in [0.05, 0.1) is 15.4 Å². The molecule has 2 N–H and O–H groups in total. The van der Waals surface area contributed by atoms with E-state index in [1.54, 1.807) is 0 Å². The maximum atomic E-state index is 12.5. The van der Waals surface area contributed by atoms with Crippen LogP contribution in [0.4, 0.5) is 24.5 Å². The molecule has 9 nitrogen and oxygen atoms in total. The fraction of sp³-hybridized carbons (Fsp3) is 0.143. The number of halogens is 3. The Morgan fingerprint density at radius 2 is 1.40 bits per heavy atom. The van der Waals surface area contributed by atoms with E-state index in [1.165, 1.54) is 0 Å². The number of rotatable bonds is 3. The first-order chi connectivity index (χ1) is 8.85. The van der Waals surface area contributed by atoms with E-state index in [2.05, 4.69) is 0 Å². The minimum Gasteiger partial charge on any atom is -0.321 e. The van der Waals surface area contributed by atoms with Crippen molar-refractivity contribution in [1.29, 1.82) is 0 Å². The van der Waals surface area contributed by atoms with Crippen LogP contribution in [0.2, 0.25) is 0 Å². The Hall–Kier alpha value is -2.04. The molecule has 0 radical (unpaired) electrons. The van der Waals surface area contributed by atoms with Gasteiger partial charge in [0.25, 0.3) is 11.4 Å². The third kappa shape index (κ3) is 3.10. The normalized spacial score (nSPS) is 12.2. The average Bonchev–Trinajstić information content (AvgIpc) is 2.24. The Kier molecular flexibility index (Phi) is 3.85. The molecular weight excluding hydrogens is 312 g/mol. The molecule has 0 unspecified atom stereocenters. The van der Waals surface area contributed by atoms with Gasteiger partial charge in [-0.2, -0.15) is 13.2 Å². The second-order valence-corrected chi connectivity index (χ2v) is 4.95. The molecule has 1 aromatic rings. The average molecular weight is 316 g/mol. The smallest absolute Gasteiger partial charge is 0.321 e. The van der Waals surface area contributed by atoms with Crippen LogP contribution in [0.5, 0.6) is 0 Å². The number of benzene rings is 1. The van der Waals surface area contributed by atoms with Crippen molar-refractivity contribution in [2.75, 3.05) is 0 Å². The van der Waals surface area contributed by atoms with E-state index in [0.717, 1.165) is 0 Å². The van der Waals surface area contributed by atoms with Crippen LogP contribution in [-0.4, -0.2) is 19.6 Å². The molecule has 0 bridgehead atoms. The van der Waals surface area contributed by atoms with Crippen molar-refractivity contribution < 1.29 is 37.4 Å². The van der Waals surface area contributed by atoms with E-state index < -0.39 is 45.9 Å². The fourth-order valence-corrected chi connectivity index (χ4v) is 2.23. The van der Waals surface area contributed by atoms with Gasteiger partial charge in [-0.15, -0.1) is 0 Å². The summed E-state index contributed by atoms with van der Waals surface area (Å²) in [4.78, 5) is 35.9. The molecule has 1 aromatic carbocycles. The molecular formula is C7H4F3N2O7P.